The van der Waals surface area contributed by atoms with E-state index < -0.39 is 0 Å². The van der Waals surface area contributed by atoms with Gasteiger partial charge in [-0.1, -0.05) is 28.1 Å². The molecule has 1 aliphatic carbocycles. The molecule has 0 aromatic heterocycles. The molecule has 0 heterocycles. The monoisotopic (exact) mass is 281 g/mol. The zero-order chi connectivity index (χ0) is 11.8. The molecule has 2 rings (SSSR count). The zero-order valence-corrected chi connectivity index (χ0v) is 11.3. The van der Waals surface area contributed by atoms with Crippen LogP contribution in [0.25, 0.3) is 0 Å². The van der Waals surface area contributed by atoms with Gasteiger partial charge in [0.05, 0.1) is 5.41 Å². The summed E-state index contributed by atoms with van der Waals surface area (Å²) >= 11 is 3.46. The van der Waals surface area contributed by atoms with Crippen LogP contribution in [0.4, 0.5) is 0 Å². The summed E-state index contributed by atoms with van der Waals surface area (Å²) in [6, 6.07) is 8.11. The lowest BCUT2D eigenvalue weighted by Crippen LogP contribution is -2.36. The van der Waals surface area contributed by atoms with Gasteiger partial charge in [0, 0.05) is 18.1 Å². The van der Waals surface area contributed by atoms with E-state index in [-0.39, 0.29) is 11.3 Å². The van der Waals surface area contributed by atoms with Gasteiger partial charge in [0.25, 0.3) is 0 Å². The Balaban J connectivity index is 2.30. The third-order valence-electron chi connectivity index (χ3n) is 3.36. The molecule has 1 aliphatic rings. The smallest absolute Gasteiger partial charge is 0.232 e. The van der Waals surface area contributed by atoms with Gasteiger partial charge in [-0.2, -0.15) is 0 Å². The van der Waals surface area contributed by atoms with Gasteiger partial charge in [-0.15, -0.1) is 0 Å². The minimum atomic E-state index is -0.228. The van der Waals surface area contributed by atoms with Crippen molar-refractivity contribution in [3.63, 3.8) is 0 Å². The minimum Gasteiger partial charge on any atom is -0.345 e. The molecule has 86 valence electrons. The number of amides is 1. The quantitative estimate of drug-likeness (QED) is 0.834. The Kier molecular flexibility index (Phi) is 3.06. The second-order valence-corrected chi connectivity index (χ2v) is 5.33. The number of halogens is 1. The number of carbonyl (C=O) groups is 1. The Morgan fingerprint density at radius 2 is 2.19 bits per heavy atom. The molecule has 16 heavy (non-hydrogen) atoms. The van der Waals surface area contributed by atoms with Crippen LogP contribution in [0.5, 0.6) is 0 Å². The lowest BCUT2D eigenvalue weighted by molar-refractivity contribution is -0.132. The molecule has 0 unspecified atom stereocenters. The van der Waals surface area contributed by atoms with Gasteiger partial charge in [-0.05, 0) is 37.5 Å². The standard InChI is InChI=1S/C13H16BrNO/c1-3-15(2)12(16)13(7-8-13)10-5-4-6-11(14)9-10/h4-6,9H,3,7-8H2,1-2H3. The van der Waals surface area contributed by atoms with Gasteiger partial charge in [0.2, 0.25) is 5.91 Å². The summed E-state index contributed by atoms with van der Waals surface area (Å²) in [7, 11) is 1.88. The highest BCUT2D eigenvalue weighted by molar-refractivity contribution is 9.10. The largest absolute Gasteiger partial charge is 0.345 e. The van der Waals surface area contributed by atoms with Crippen LogP contribution in [0.15, 0.2) is 28.7 Å². The van der Waals surface area contributed by atoms with Gasteiger partial charge < -0.3 is 4.90 Å². The second kappa shape index (κ2) is 4.21. The first-order chi connectivity index (χ1) is 7.60. The van der Waals surface area contributed by atoms with Crippen LogP contribution in [-0.4, -0.2) is 24.4 Å². The van der Waals surface area contributed by atoms with Crippen molar-refractivity contribution in [3.05, 3.63) is 34.3 Å². The third-order valence-corrected chi connectivity index (χ3v) is 3.85. The van der Waals surface area contributed by atoms with Crippen LogP contribution < -0.4 is 0 Å². The van der Waals surface area contributed by atoms with Crippen molar-refractivity contribution >= 4 is 21.8 Å². The fraction of sp³-hybridized carbons (Fsp3) is 0.462. The normalized spacial score (nSPS) is 16.9. The highest BCUT2D eigenvalue weighted by Crippen LogP contribution is 2.49. The molecule has 1 saturated carbocycles. The van der Waals surface area contributed by atoms with Crippen molar-refractivity contribution in [1.82, 2.24) is 4.90 Å². The van der Waals surface area contributed by atoms with E-state index in [0.29, 0.717) is 0 Å². The Bertz CT molecular complexity index is 412. The molecule has 0 N–H and O–H groups in total. The Hall–Kier alpha value is -0.830. The van der Waals surface area contributed by atoms with E-state index in [1.54, 1.807) is 0 Å². The predicted octanol–water partition coefficient (Wildman–Crippen LogP) is 2.96. The van der Waals surface area contributed by atoms with Crippen molar-refractivity contribution in [3.8, 4) is 0 Å². The molecule has 0 spiro atoms. The number of rotatable bonds is 3. The van der Waals surface area contributed by atoms with Crippen LogP contribution in [0, 0.1) is 0 Å². The summed E-state index contributed by atoms with van der Waals surface area (Å²) in [4.78, 5) is 14.1. The second-order valence-electron chi connectivity index (χ2n) is 4.41. The van der Waals surface area contributed by atoms with Gasteiger partial charge in [-0.3, -0.25) is 4.79 Å². The van der Waals surface area contributed by atoms with E-state index in [1.165, 1.54) is 0 Å². The molecule has 2 nitrogen and oxygen atoms in total. The molecule has 1 aromatic rings. The predicted molar refractivity (Wildman–Crippen MR) is 68.4 cm³/mol. The van der Waals surface area contributed by atoms with Crippen LogP contribution in [0.1, 0.15) is 25.3 Å². The highest BCUT2D eigenvalue weighted by atomic mass is 79.9. The number of hydrogen-bond acceptors (Lipinski definition) is 1. The van der Waals surface area contributed by atoms with E-state index in [0.717, 1.165) is 29.4 Å². The molecule has 3 heteroatoms. The molecule has 1 aromatic carbocycles. The summed E-state index contributed by atoms with van der Waals surface area (Å²) in [5.74, 6) is 0.258. The summed E-state index contributed by atoms with van der Waals surface area (Å²) in [5, 5.41) is 0. The van der Waals surface area contributed by atoms with Gasteiger partial charge in [0.1, 0.15) is 0 Å². The topological polar surface area (TPSA) is 20.3 Å². The number of benzene rings is 1. The van der Waals surface area contributed by atoms with E-state index in [2.05, 4.69) is 28.1 Å². The summed E-state index contributed by atoms with van der Waals surface area (Å²) in [6.07, 6.45) is 1.96. The molecule has 1 amide bonds. The third kappa shape index (κ3) is 1.88. The molecule has 0 radical (unpaired) electrons. The minimum absolute atomic E-state index is 0.228. The molecule has 0 atom stereocenters. The fourth-order valence-electron chi connectivity index (χ4n) is 2.05. The molecular formula is C13H16BrNO. The van der Waals surface area contributed by atoms with Crippen molar-refractivity contribution in [2.75, 3.05) is 13.6 Å². The summed E-state index contributed by atoms with van der Waals surface area (Å²) < 4.78 is 1.04. The van der Waals surface area contributed by atoms with Gasteiger partial charge >= 0.3 is 0 Å². The molecule has 0 saturated heterocycles. The average Bonchev–Trinajstić information content (AvgIpc) is 3.08. The molecule has 1 fully saturated rings. The van der Waals surface area contributed by atoms with E-state index in [9.17, 15) is 4.79 Å². The van der Waals surface area contributed by atoms with E-state index in [1.807, 2.05) is 31.0 Å². The Labute approximate surface area is 105 Å². The SMILES string of the molecule is CCN(C)C(=O)C1(c2cccc(Br)c2)CC1. The number of hydrogen-bond donors (Lipinski definition) is 0. The summed E-state index contributed by atoms with van der Waals surface area (Å²) in [5.41, 5.74) is 0.918. The Morgan fingerprint density at radius 3 is 2.69 bits per heavy atom. The Morgan fingerprint density at radius 1 is 1.50 bits per heavy atom. The van der Waals surface area contributed by atoms with Crippen molar-refractivity contribution < 1.29 is 4.79 Å². The molecule has 0 aliphatic heterocycles. The average molecular weight is 282 g/mol. The maximum absolute atomic E-state index is 12.3. The number of likely N-dealkylation sites (N-methyl/N-ethyl adjacent to an activating group) is 1. The fourth-order valence-corrected chi connectivity index (χ4v) is 2.45. The van der Waals surface area contributed by atoms with Crippen LogP contribution in [0.3, 0.4) is 0 Å². The maximum atomic E-state index is 12.3. The van der Waals surface area contributed by atoms with Crippen molar-refractivity contribution in [2.24, 2.45) is 0 Å². The molecule has 0 bridgehead atoms. The zero-order valence-electron chi connectivity index (χ0n) is 9.66. The first-order valence-electron chi connectivity index (χ1n) is 5.62. The lowest BCUT2D eigenvalue weighted by atomic mass is 9.94. The van der Waals surface area contributed by atoms with Gasteiger partial charge in [-0.25, -0.2) is 0 Å². The first kappa shape index (κ1) is 11.6. The highest BCUT2D eigenvalue weighted by Gasteiger charge is 2.52. The van der Waals surface area contributed by atoms with Crippen molar-refractivity contribution in [1.29, 1.82) is 0 Å². The molecular weight excluding hydrogens is 266 g/mol. The van der Waals surface area contributed by atoms with Crippen LogP contribution in [0.2, 0.25) is 0 Å². The van der Waals surface area contributed by atoms with E-state index >= 15 is 0 Å². The maximum Gasteiger partial charge on any atom is 0.232 e. The lowest BCUT2D eigenvalue weighted by Gasteiger charge is -2.22. The van der Waals surface area contributed by atoms with Crippen LogP contribution in [-0.2, 0) is 10.2 Å². The van der Waals surface area contributed by atoms with Gasteiger partial charge in [0.15, 0.2) is 0 Å². The van der Waals surface area contributed by atoms with E-state index in [4.69, 9.17) is 0 Å². The number of carbonyl (C=O) groups excluding carboxylic acids is 1. The van der Waals surface area contributed by atoms with Crippen LogP contribution >= 0.6 is 15.9 Å². The number of nitrogens with zero attached hydrogens (tertiary/aromatic N) is 1. The summed E-state index contributed by atoms with van der Waals surface area (Å²) in [6.45, 7) is 2.78. The van der Waals surface area contributed by atoms with Crippen molar-refractivity contribution in [2.45, 2.75) is 25.2 Å². The first-order valence-corrected chi connectivity index (χ1v) is 6.41.